The number of hydrogen-bond donors (Lipinski definition) is 0. The molecule has 2 fully saturated rings. The largest absolute Gasteiger partial charge is 0.374 e. The van der Waals surface area contributed by atoms with Crippen LogP contribution < -0.4 is 0 Å². The van der Waals surface area contributed by atoms with Gasteiger partial charge in [0.25, 0.3) is 0 Å². The van der Waals surface area contributed by atoms with E-state index in [-0.39, 0.29) is 13.2 Å². The van der Waals surface area contributed by atoms with Gasteiger partial charge in [-0.1, -0.05) is 255 Å². The molecule has 424 valence electrons. The maximum absolute atomic E-state index is 7.26. The molecule has 0 saturated carbocycles. The molecule has 0 N–H and O–H groups in total. The van der Waals surface area contributed by atoms with Crippen LogP contribution in [-0.4, -0.2) is 74.3 Å². The normalized spacial score (nSPS) is 22.7. The molecule has 10 atom stereocenters. The maximum atomic E-state index is 7.26. The molecule has 0 amide bonds. The van der Waals surface area contributed by atoms with Crippen molar-refractivity contribution in [1.82, 2.24) is 0 Å². The highest BCUT2D eigenvalue weighted by molar-refractivity contribution is 5.20. The average molecular weight is 1100 g/mol. The highest BCUT2D eigenvalue weighted by atomic mass is 16.6. The van der Waals surface area contributed by atoms with Crippen LogP contribution in [0.3, 0.4) is 0 Å². The number of rotatable bonds is 30. The van der Waals surface area contributed by atoms with E-state index in [1.54, 1.807) is 0 Å². The molecule has 82 heavy (non-hydrogen) atoms. The molecule has 0 bridgehead atoms. The first-order valence-corrected chi connectivity index (χ1v) is 28.8. The van der Waals surface area contributed by atoms with Gasteiger partial charge in [0.05, 0.1) is 78.3 Å². The molecule has 0 aliphatic carbocycles. The van der Waals surface area contributed by atoms with E-state index in [1.165, 1.54) is 0 Å². The Labute approximate surface area is 484 Å². The summed E-state index contributed by atoms with van der Waals surface area (Å²) in [6.07, 6.45) is 0.131. The first-order chi connectivity index (χ1) is 40.7. The molecule has 10 heteroatoms. The van der Waals surface area contributed by atoms with Crippen LogP contribution in [-0.2, 0) is 100 Å². The Balaban J connectivity index is 0.959. The van der Waals surface area contributed by atoms with E-state index in [0.717, 1.165) is 44.5 Å². The van der Waals surface area contributed by atoms with Crippen molar-refractivity contribution in [3.63, 3.8) is 0 Å². The Morgan fingerprint density at radius 1 is 0.232 bits per heavy atom. The molecule has 2 aliphatic rings. The van der Waals surface area contributed by atoms with E-state index in [0.29, 0.717) is 65.7 Å². The zero-order valence-electron chi connectivity index (χ0n) is 46.6. The van der Waals surface area contributed by atoms with Gasteiger partial charge in [0.1, 0.15) is 48.8 Å². The molecule has 0 radical (unpaired) electrons. The third-order valence-corrected chi connectivity index (χ3v) is 14.9. The lowest BCUT2D eigenvalue weighted by Gasteiger charge is -2.46. The van der Waals surface area contributed by atoms with Gasteiger partial charge in [0.15, 0.2) is 0 Å². The number of hydrogen-bond acceptors (Lipinski definition) is 10. The van der Waals surface area contributed by atoms with Gasteiger partial charge < -0.3 is 47.4 Å². The van der Waals surface area contributed by atoms with Crippen molar-refractivity contribution < 1.29 is 47.4 Å². The van der Waals surface area contributed by atoms with Gasteiger partial charge in [-0.25, -0.2) is 0 Å². The molecule has 8 aromatic carbocycles. The van der Waals surface area contributed by atoms with Crippen molar-refractivity contribution in [3.05, 3.63) is 299 Å². The molecule has 2 aliphatic heterocycles. The van der Waals surface area contributed by atoms with Crippen LogP contribution in [0.15, 0.2) is 255 Å². The van der Waals surface area contributed by atoms with Crippen molar-refractivity contribution in [1.29, 1.82) is 0 Å². The minimum absolute atomic E-state index is 0.271. The molecule has 0 aromatic heterocycles. The van der Waals surface area contributed by atoms with Crippen molar-refractivity contribution in [2.45, 2.75) is 127 Å². The smallest absolute Gasteiger partial charge is 0.115 e. The molecular weight excluding hydrogens is 1020 g/mol. The Morgan fingerprint density at radius 2 is 0.427 bits per heavy atom. The predicted octanol–water partition coefficient (Wildman–Crippen LogP) is 13.8. The molecule has 10 nitrogen and oxygen atoms in total. The van der Waals surface area contributed by atoms with Crippen LogP contribution in [0.4, 0.5) is 0 Å². The molecule has 10 rings (SSSR count). The van der Waals surface area contributed by atoms with Crippen LogP contribution in [0.25, 0.3) is 0 Å². The predicted molar refractivity (Wildman–Crippen MR) is 318 cm³/mol. The maximum Gasteiger partial charge on any atom is 0.115 e. The SMILES string of the molecule is C(=C\C[C@H]1O[C@H](COCc2ccccc2)[C@@H](OCc2ccccc2)[C@H](OCc2ccccc2)[C@H]1OCc1ccccc1)/C[C@H]1O[C@H](COCc2ccccc2)[C@@H](OCc2ccccc2)[C@H](OCc2ccccc2)[C@H]1OCc1ccccc1. The lowest BCUT2D eigenvalue weighted by molar-refractivity contribution is -0.272. The van der Waals surface area contributed by atoms with Gasteiger partial charge in [-0.15, -0.1) is 0 Å². The fraction of sp³-hybridized carbons (Fsp3) is 0.306. The first-order valence-electron chi connectivity index (χ1n) is 28.8. The minimum Gasteiger partial charge on any atom is -0.374 e. The second kappa shape index (κ2) is 32.1. The molecule has 2 heterocycles. The highest BCUT2D eigenvalue weighted by Crippen LogP contribution is 2.35. The van der Waals surface area contributed by atoms with E-state index in [4.69, 9.17) is 47.4 Å². The van der Waals surface area contributed by atoms with E-state index in [2.05, 4.69) is 109 Å². The first kappa shape index (κ1) is 58.3. The van der Waals surface area contributed by atoms with Crippen LogP contribution in [0, 0.1) is 0 Å². The van der Waals surface area contributed by atoms with E-state index >= 15 is 0 Å². The van der Waals surface area contributed by atoms with Gasteiger partial charge in [-0.2, -0.15) is 0 Å². The number of ether oxygens (including phenoxy) is 10. The summed E-state index contributed by atoms with van der Waals surface area (Å²) in [7, 11) is 0. The fourth-order valence-electron chi connectivity index (χ4n) is 10.6. The lowest BCUT2D eigenvalue weighted by atomic mass is 9.91. The minimum atomic E-state index is -0.551. The van der Waals surface area contributed by atoms with E-state index < -0.39 is 61.0 Å². The van der Waals surface area contributed by atoms with Crippen LogP contribution in [0.5, 0.6) is 0 Å². The summed E-state index contributed by atoms with van der Waals surface area (Å²) in [4.78, 5) is 0. The summed E-state index contributed by atoms with van der Waals surface area (Å²) in [6, 6.07) is 81.8. The van der Waals surface area contributed by atoms with Crippen LogP contribution in [0.2, 0.25) is 0 Å². The lowest BCUT2D eigenvalue weighted by Crippen LogP contribution is -2.61. The standard InChI is InChI=1S/C72H76O10/c1-9-27-55(28-10-1)45-73-53-65-69(77-49-59-35-17-5-18-36-59)71(79-51-61-39-21-7-22-40-61)67(75-47-57-31-13-3-14-32-57)63(81-65)43-25-26-44-64-68(76-48-58-33-15-4-16-34-58)72(80-52-62-41-23-8-24-42-62)70(78-50-60-37-19-6-20-38-60)66(82-64)54-74-46-56-29-11-2-12-30-56/h1-42,63-72H,43-54H2/b26-25+/t63-,64-,65-,66-,67+,68+,69-,70-,71-,72-/m1/s1. The van der Waals surface area contributed by atoms with Crippen molar-refractivity contribution in [3.8, 4) is 0 Å². The third kappa shape index (κ3) is 17.8. The Morgan fingerprint density at radius 3 is 0.659 bits per heavy atom. The molecule has 2 saturated heterocycles. The van der Waals surface area contributed by atoms with Crippen molar-refractivity contribution >= 4 is 0 Å². The monoisotopic (exact) mass is 1100 g/mol. The summed E-state index contributed by atoms with van der Waals surface area (Å²) in [6.45, 7) is 3.49. The summed E-state index contributed by atoms with van der Waals surface area (Å²) in [5.41, 5.74) is 8.41. The second-order valence-electron chi connectivity index (χ2n) is 20.9. The Bertz CT molecular complexity index is 2790. The molecular formula is C72H76O10. The zero-order valence-corrected chi connectivity index (χ0v) is 46.6. The topological polar surface area (TPSA) is 92.3 Å². The van der Waals surface area contributed by atoms with Gasteiger partial charge in [0.2, 0.25) is 0 Å². The Hall–Kier alpha value is -6.90. The second-order valence-corrected chi connectivity index (χ2v) is 20.9. The molecule has 8 aromatic rings. The number of benzene rings is 8. The van der Waals surface area contributed by atoms with Crippen LogP contribution in [0.1, 0.15) is 57.3 Å². The Kier molecular flexibility index (Phi) is 22.8. The van der Waals surface area contributed by atoms with Gasteiger partial charge in [0, 0.05) is 0 Å². The van der Waals surface area contributed by atoms with Gasteiger partial charge in [-0.05, 0) is 57.3 Å². The summed E-state index contributed by atoms with van der Waals surface area (Å²) < 4.78 is 69.8. The highest BCUT2D eigenvalue weighted by Gasteiger charge is 2.50. The van der Waals surface area contributed by atoms with Crippen molar-refractivity contribution in [2.75, 3.05) is 13.2 Å². The third-order valence-electron chi connectivity index (χ3n) is 14.9. The van der Waals surface area contributed by atoms with Crippen LogP contribution >= 0.6 is 0 Å². The summed E-state index contributed by atoms with van der Waals surface area (Å²) in [5.74, 6) is 0. The average Bonchev–Trinajstić information content (AvgIpc) is 3.69. The zero-order chi connectivity index (χ0) is 55.6. The fourth-order valence-corrected chi connectivity index (χ4v) is 10.6. The van der Waals surface area contributed by atoms with Gasteiger partial charge in [-0.3, -0.25) is 0 Å². The quantitative estimate of drug-likeness (QED) is 0.0405. The van der Waals surface area contributed by atoms with E-state index in [9.17, 15) is 0 Å². The van der Waals surface area contributed by atoms with E-state index in [1.807, 2.05) is 146 Å². The van der Waals surface area contributed by atoms with Gasteiger partial charge >= 0.3 is 0 Å². The summed E-state index contributed by atoms with van der Waals surface area (Å²) in [5, 5.41) is 0. The summed E-state index contributed by atoms with van der Waals surface area (Å²) >= 11 is 0. The molecule has 0 spiro atoms. The van der Waals surface area contributed by atoms with Crippen molar-refractivity contribution in [2.24, 2.45) is 0 Å². The molecule has 0 unspecified atom stereocenters.